The third kappa shape index (κ3) is 3.29. The highest BCUT2D eigenvalue weighted by atomic mass is 19.1. The van der Waals surface area contributed by atoms with E-state index in [0.717, 1.165) is 42.0 Å². The van der Waals surface area contributed by atoms with Gasteiger partial charge in [-0.25, -0.2) is 9.07 Å². The van der Waals surface area contributed by atoms with E-state index in [9.17, 15) is 9.50 Å². The molecule has 2 heterocycles. The van der Waals surface area contributed by atoms with Crippen LogP contribution in [0.1, 0.15) is 29.8 Å². The van der Waals surface area contributed by atoms with Crippen LogP contribution < -0.4 is 0 Å². The summed E-state index contributed by atoms with van der Waals surface area (Å²) in [6.45, 7) is 6.36. The molecule has 1 N–H and O–H groups in total. The van der Waals surface area contributed by atoms with Crippen LogP contribution in [0.4, 0.5) is 4.39 Å². The molecule has 1 saturated carbocycles. The van der Waals surface area contributed by atoms with E-state index in [2.05, 4.69) is 10.00 Å². The van der Waals surface area contributed by atoms with Crippen molar-refractivity contribution in [3.8, 4) is 5.69 Å². The van der Waals surface area contributed by atoms with Gasteiger partial charge in [-0.1, -0.05) is 0 Å². The maximum atomic E-state index is 14.0. The summed E-state index contributed by atoms with van der Waals surface area (Å²) in [5, 5.41) is 14.1. The molecule has 140 valence electrons. The Kier molecular flexibility index (Phi) is 4.82. The lowest BCUT2D eigenvalue weighted by Gasteiger charge is -2.38. The zero-order valence-electron chi connectivity index (χ0n) is 15.4. The number of aliphatic hydroxyl groups excluding tert-OH is 1. The first-order chi connectivity index (χ1) is 12.5. The number of hydrogen-bond donors (Lipinski definition) is 1. The summed E-state index contributed by atoms with van der Waals surface area (Å²) in [6, 6.07) is 7.25. The van der Waals surface area contributed by atoms with Gasteiger partial charge in [0.2, 0.25) is 0 Å². The molecular weight excluding hydrogens is 333 g/mol. The van der Waals surface area contributed by atoms with E-state index in [1.54, 1.807) is 6.07 Å². The van der Waals surface area contributed by atoms with Crippen molar-refractivity contribution in [3.05, 3.63) is 47.0 Å². The Morgan fingerprint density at radius 3 is 2.85 bits per heavy atom. The first-order valence-electron chi connectivity index (χ1n) is 9.33. The molecule has 26 heavy (non-hydrogen) atoms. The molecule has 0 spiro atoms. The molecular formula is C20H26FN3O2. The van der Waals surface area contributed by atoms with Crippen LogP contribution in [0.5, 0.6) is 0 Å². The molecule has 1 aliphatic heterocycles. The van der Waals surface area contributed by atoms with Crippen LogP contribution in [0.2, 0.25) is 0 Å². The Balaban J connectivity index is 1.63. The number of nitrogens with zero attached hydrogens (tertiary/aromatic N) is 3. The predicted octanol–water partition coefficient (Wildman–Crippen LogP) is 2.60. The fourth-order valence-corrected chi connectivity index (χ4v) is 4.45. The minimum absolute atomic E-state index is 0.173. The van der Waals surface area contributed by atoms with E-state index in [4.69, 9.17) is 4.74 Å². The number of morpholine rings is 1. The van der Waals surface area contributed by atoms with Gasteiger partial charge in [0.15, 0.2) is 0 Å². The van der Waals surface area contributed by atoms with Gasteiger partial charge < -0.3 is 9.84 Å². The molecule has 1 saturated heterocycles. The molecule has 4 rings (SSSR count). The van der Waals surface area contributed by atoms with Gasteiger partial charge in [-0.2, -0.15) is 5.10 Å². The van der Waals surface area contributed by atoms with E-state index < -0.39 is 0 Å². The van der Waals surface area contributed by atoms with Gasteiger partial charge in [-0.3, -0.25) is 4.90 Å². The maximum Gasteiger partial charge on any atom is 0.123 e. The smallest absolute Gasteiger partial charge is 0.123 e. The van der Waals surface area contributed by atoms with E-state index in [-0.39, 0.29) is 24.6 Å². The number of hydrogen-bond acceptors (Lipinski definition) is 4. The van der Waals surface area contributed by atoms with Crippen LogP contribution in [-0.2, 0) is 11.3 Å². The van der Waals surface area contributed by atoms with Gasteiger partial charge in [0.1, 0.15) is 5.82 Å². The summed E-state index contributed by atoms with van der Waals surface area (Å²) in [7, 11) is 0. The number of aliphatic hydroxyl groups is 1. The van der Waals surface area contributed by atoms with E-state index >= 15 is 0 Å². The minimum Gasteiger partial charge on any atom is -0.396 e. The zero-order valence-corrected chi connectivity index (χ0v) is 15.4. The van der Waals surface area contributed by atoms with Gasteiger partial charge in [0.25, 0.3) is 0 Å². The Labute approximate surface area is 153 Å². The average molecular weight is 359 g/mol. The molecule has 1 unspecified atom stereocenters. The highest BCUT2D eigenvalue weighted by molar-refractivity contribution is 5.42. The molecule has 2 aromatic rings. The normalized spacial score (nSPS) is 26.2. The topological polar surface area (TPSA) is 50.5 Å². The number of benzene rings is 1. The van der Waals surface area contributed by atoms with Crippen molar-refractivity contribution < 1.29 is 14.2 Å². The van der Waals surface area contributed by atoms with E-state index in [1.807, 2.05) is 30.7 Å². The van der Waals surface area contributed by atoms with Gasteiger partial charge in [0.05, 0.1) is 24.1 Å². The van der Waals surface area contributed by atoms with Crippen molar-refractivity contribution in [2.75, 3.05) is 19.8 Å². The summed E-state index contributed by atoms with van der Waals surface area (Å²) in [4.78, 5) is 2.38. The standard InChI is InChI=1S/C20H26FN3O2/c1-13-7-14(2)24(22-13)18-4-3-17(21)10-16(18)11-23-5-6-26-20-9-15(12-25)8-19(20)23/h3-4,7,10,15,19-20,25H,5-6,8-9,11-12H2,1-2H3/t15-,19+,20?/m1/s1. The quantitative estimate of drug-likeness (QED) is 0.912. The van der Waals surface area contributed by atoms with Crippen molar-refractivity contribution in [2.45, 2.75) is 45.4 Å². The van der Waals surface area contributed by atoms with Gasteiger partial charge in [-0.05, 0) is 62.4 Å². The van der Waals surface area contributed by atoms with Crippen LogP contribution in [0.3, 0.4) is 0 Å². The van der Waals surface area contributed by atoms with Crippen molar-refractivity contribution in [1.29, 1.82) is 0 Å². The molecule has 1 aliphatic carbocycles. The number of rotatable bonds is 4. The zero-order chi connectivity index (χ0) is 18.3. The molecule has 3 atom stereocenters. The van der Waals surface area contributed by atoms with Crippen LogP contribution >= 0.6 is 0 Å². The Hall–Kier alpha value is -1.76. The largest absolute Gasteiger partial charge is 0.396 e. The molecule has 1 aromatic carbocycles. The monoisotopic (exact) mass is 359 g/mol. The molecule has 0 radical (unpaired) electrons. The lowest BCUT2D eigenvalue weighted by atomic mass is 10.1. The molecule has 2 aliphatic rings. The van der Waals surface area contributed by atoms with Crippen LogP contribution in [0, 0.1) is 25.6 Å². The molecule has 5 nitrogen and oxygen atoms in total. The first kappa shape index (κ1) is 17.6. The van der Waals surface area contributed by atoms with Gasteiger partial charge in [-0.15, -0.1) is 0 Å². The second kappa shape index (κ2) is 7.10. The molecule has 0 bridgehead atoms. The van der Waals surface area contributed by atoms with Gasteiger partial charge in [0, 0.05) is 31.4 Å². The summed E-state index contributed by atoms with van der Waals surface area (Å²) in [5.74, 6) is 0.0725. The summed E-state index contributed by atoms with van der Waals surface area (Å²) >= 11 is 0. The summed E-state index contributed by atoms with van der Waals surface area (Å²) < 4.78 is 21.8. The molecule has 6 heteroatoms. The lowest BCUT2D eigenvalue weighted by molar-refractivity contribution is -0.0590. The summed E-state index contributed by atoms with van der Waals surface area (Å²) in [5.41, 5.74) is 3.85. The third-order valence-corrected chi connectivity index (χ3v) is 5.66. The van der Waals surface area contributed by atoms with Crippen molar-refractivity contribution in [2.24, 2.45) is 5.92 Å². The van der Waals surface area contributed by atoms with Crippen molar-refractivity contribution in [3.63, 3.8) is 0 Å². The number of fused-ring (bicyclic) bond motifs is 1. The van der Waals surface area contributed by atoms with Gasteiger partial charge >= 0.3 is 0 Å². The molecule has 0 amide bonds. The highest BCUT2D eigenvalue weighted by Crippen LogP contribution is 2.35. The SMILES string of the molecule is Cc1cc(C)n(-c2ccc(F)cc2CN2CCOC3C[C@H](CO)C[C@@H]32)n1. The second-order valence-electron chi connectivity index (χ2n) is 7.58. The molecule has 1 aromatic heterocycles. The van der Waals surface area contributed by atoms with Crippen molar-refractivity contribution >= 4 is 0 Å². The summed E-state index contributed by atoms with van der Waals surface area (Å²) in [6.07, 6.45) is 2.02. The van der Waals surface area contributed by atoms with E-state index in [1.165, 1.54) is 6.07 Å². The number of aryl methyl sites for hydroxylation is 2. The van der Waals surface area contributed by atoms with E-state index in [0.29, 0.717) is 19.1 Å². The maximum absolute atomic E-state index is 14.0. The molecule has 2 fully saturated rings. The highest BCUT2D eigenvalue weighted by Gasteiger charge is 2.40. The second-order valence-corrected chi connectivity index (χ2v) is 7.58. The van der Waals surface area contributed by atoms with Crippen LogP contribution in [0.25, 0.3) is 5.69 Å². The average Bonchev–Trinajstić information content (AvgIpc) is 3.18. The van der Waals surface area contributed by atoms with Crippen LogP contribution in [0.15, 0.2) is 24.3 Å². The third-order valence-electron chi connectivity index (χ3n) is 5.66. The Bertz CT molecular complexity index is 791. The Morgan fingerprint density at radius 2 is 2.12 bits per heavy atom. The number of halogens is 1. The number of ether oxygens (including phenoxy) is 1. The first-order valence-corrected chi connectivity index (χ1v) is 9.33. The minimum atomic E-state index is -0.227. The fraction of sp³-hybridized carbons (Fsp3) is 0.550. The van der Waals surface area contributed by atoms with Crippen LogP contribution in [-0.4, -0.2) is 51.7 Å². The predicted molar refractivity (Wildman–Crippen MR) is 96.7 cm³/mol. The van der Waals surface area contributed by atoms with Crippen molar-refractivity contribution in [1.82, 2.24) is 14.7 Å². The lowest BCUT2D eigenvalue weighted by Crippen LogP contribution is -2.48. The number of aromatic nitrogens is 2. The fourth-order valence-electron chi connectivity index (χ4n) is 4.45. The Morgan fingerprint density at radius 1 is 1.27 bits per heavy atom.